The number of halogens is 1. The smallest absolute Gasteiger partial charge is 0.273 e. The van der Waals surface area contributed by atoms with Gasteiger partial charge in [0.05, 0.1) is 16.7 Å². The number of benzene rings is 1. The molecule has 0 radical (unpaired) electrons. The number of carbonyl (C=O) groups excluding carboxylic acids is 1. The number of fused-ring (bicyclic) bond motifs is 1. The van der Waals surface area contributed by atoms with Crippen molar-refractivity contribution < 1.29 is 9.21 Å². The lowest BCUT2D eigenvalue weighted by molar-refractivity contribution is 0.0959. The van der Waals surface area contributed by atoms with Gasteiger partial charge >= 0.3 is 0 Å². The van der Waals surface area contributed by atoms with Crippen LogP contribution in [0.4, 0.5) is 11.5 Å². The zero-order valence-corrected chi connectivity index (χ0v) is 15.2. The van der Waals surface area contributed by atoms with Gasteiger partial charge in [0.1, 0.15) is 6.26 Å². The van der Waals surface area contributed by atoms with Crippen LogP contribution in [0.3, 0.4) is 0 Å². The van der Waals surface area contributed by atoms with Crippen molar-refractivity contribution in [2.45, 2.75) is 0 Å². The van der Waals surface area contributed by atoms with E-state index in [0.717, 1.165) is 26.2 Å². The fourth-order valence-corrected chi connectivity index (χ4v) is 3.80. The van der Waals surface area contributed by atoms with E-state index in [4.69, 9.17) is 16.0 Å². The second kappa shape index (κ2) is 6.78. The molecule has 0 bridgehead atoms. The highest BCUT2D eigenvalue weighted by atomic mass is 35.5. The number of hydrogen-bond donors (Lipinski definition) is 2. The number of rotatable bonds is 4. The van der Waals surface area contributed by atoms with Crippen molar-refractivity contribution >= 4 is 50.4 Å². The highest BCUT2D eigenvalue weighted by Gasteiger charge is 2.19. The van der Waals surface area contributed by atoms with Crippen LogP contribution < -0.4 is 10.6 Å². The maximum atomic E-state index is 12.2. The minimum Gasteiger partial charge on any atom is -0.470 e. The van der Waals surface area contributed by atoms with E-state index in [1.807, 2.05) is 30.3 Å². The lowest BCUT2D eigenvalue weighted by Gasteiger charge is -2.05. The molecule has 0 spiro atoms. The molecule has 0 aliphatic rings. The number of nitrogens with zero attached hydrogens (tertiary/aromatic N) is 2. The topological polar surface area (TPSA) is 80.0 Å². The van der Waals surface area contributed by atoms with E-state index < -0.39 is 0 Å². The Morgan fingerprint density at radius 3 is 2.69 bits per heavy atom. The Morgan fingerprint density at radius 2 is 2.00 bits per heavy atom. The van der Waals surface area contributed by atoms with Gasteiger partial charge in [-0.3, -0.25) is 4.79 Å². The number of amides is 1. The van der Waals surface area contributed by atoms with Crippen LogP contribution in [-0.4, -0.2) is 23.2 Å². The second-order valence-corrected chi connectivity index (χ2v) is 6.96. The first-order chi connectivity index (χ1) is 12.7. The average molecular weight is 385 g/mol. The van der Waals surface area contributed by atoms with Crippen LogP contribution >= 0.6 is 22.9 Å². The van der Waals surface area contributed by atoms with Gasteiger partial charge in [0, 0.05) is 22.3 Å². The van der Waals surface area contributed by atoms with Crippen molar-refractivity contribution in [2.75, 3.05) is 12.4 Å². The predicted octanol–water partition coefficient (Wildman–Crippen LogP) is 4.71. The molecule has 6 nitrogen and oxygen atoms in total. The summed E-state index contributed by atoms with van der Waals surface area (Å²) < 4.78 is 5.84. The third kappa shape index (κ3) is 3.02. The Morgan fingerprint density at radius 1 is 1.19 bits per heavy atom. The fraction of sp³-hybridized carbons (Fsp3) is 0.0556. The van der Waals surface area contributed by atoms with E-state index >= 15 is 0 Å². The molecule has 4 aromatic rings. The Balaban J connectivity index is 1.88. The Hall–Kier alpha value is -2.90. The summed E-state index contributed by atoms with van der Waals surface area (Å²) in [5, 5.41) is 15.6. The molecule has 1 amide bonds. The van der Waals surface area contributed by atoms with Gasteiger partial charge in [-0.1, -0.05) is 23.7 Å². The maximum absolute atomic E-state index is 12.2. The van der Waals surface area contributed by atoms with Gasteiger partial charge in [0.2, 0.25) is 0 Å². The molecule has 0 aliphatic carbocycles. The molecule has 1 aromatic carbocycles. The van der Waals surface area contributed by atoms with Crippen molar-refractivity contribution in [1.29, 1.82) is 0 Å². The van der Waals surface area contributed by atoms with E-state index in [1.165, 1.54) is 11.3 Å². The van der Waals surface area contributed by atoms with Gasteiger partial charge in [-0.05, 0) is 29.8 Å². The number of anilines is 2. The molecule has 3 heterocycles. The van der Waals surface area contributed by atoms with Crippen LogP contribution in [-0.2, 0) is 0 Å². The van der Waals surface area contributed by atoms with E-state index in [-0.39, 0.29) is 5.91 Å². The van der Waals surface area contributed by atoms with Gasteiger partial charge in [0.25, 0.3) is 5.91 Å². The normalized spacial score (nSPS) is 10.8. The van der Waals surface area contributed by atoms with Gasteiger partial charge in [-0.2, -0.15) is 0 Å². The SMILES string of the molecule is CNC(=O)c1nnc(Nc2ccoc2)c2cc(-c3ccc(Cl)cc3)sc12. The Labute approximate surface area is 157 Å². The minimum atomic E-state index is -0.276. The minimum absolute atomic E-state index is 0.276. The first kappa shape index (κ1) is 16.6. The van der Waals surface area contributed by atoms with Gasteiger partial charge in [-0.15, -0.1) is 21.5 Å². The number of carbonyl (C=O) groups is 1. The molecule has 2 N–H and O–H groups in total. The monoisotopic (exact) mass is 384 g/mol. The lowest BCUT2D eigenvalue weighted by atomic mass is 10.1. The van der Waals surface area contributed by atoms with Crippen molar-refractivity contribution in [3.05, 3.63) is 59.6 Å². The molecule has 0 unspecified atom stereocenters. The standard InChI is InChI=1S/C18H13ClN4O2S/c1-20-18(24)15-16-13(17(23-22-15)21-12-6-7-25-9-12)8-14(26-16)10-2-4-11(19)5-3-10/h2-9H,1H3,(H,20,24)(H,21,23). The Kier molecular flexibility index (Phi) is 4.32. The summed E-state index contributed by atoms with van der Waals surface area (Å²) in [5.41, 5.74) is 2.06. The summed E-state index contributed by atoms with van der Waals surface area (Å²) in [5.74, 6) is 0.285. The second-order valence-electron chi connectivity index (χ2n) is 5.47. The number of thiophene rings is 1. The van der Waals surface area contributed by atoms with E-state index in [2.05, 4.69) is 20.8 Å². The van der Waals surface area contributed by atoms with E-state index in [0.29, 0.717) is 16.5 Å². The highest BCUT2D eigenvalue weighted by molar-refractivity contribution is 7.22. The molecule has 0 aliphatic heterocycles. The van der Waals surface area contributed by atoms with Crippen LogP contribution in [0.5, 0.6) is 0 Å². The van der Waals surface area contributed by atoms with Crippen LogP contribution in [0, 0.1) is 0 Å². The largest absolute Gasteiger partial charge is 0.470 e. The third-order valence-electron chi connectivity index (χ3n) is 3.81. The van der Waals surface area contributed by atoms with Gasteiger partial charge < -0.3 is 15.1 Å². The molecule has 4 rings (SSSR count). The molecule has 8 heteroatoms. The first-order valence-electron chi connectivity index (χ1n) is 7.73. The molecule has 130 valence electrons. The van der Waals surface area contributed by atoms with E-state index in [9.17, 15) is 4.79 Å². The van der Waals surface area contributed by atoms with Crippen molar-refractivity contribution in [3.63, 3.8) is 0 Å². The molecular formula is C18H13ClN4O2S. The molecule has 3 aromatic heterocycles. The van der Waals surface area contributed by atoms with Crippen LogP contribution in [0.1, 0.15) is 10.5 Å². The third-order valence-corrected chi connectivity index (χ3v) is 5.25. The van der Waals surface area contributed by atoms with Gasteiger partial charge in [-0.25, -0.2) is 0 Å². The highest BCUT2D eigenvalue weighted by Crippen LogP contribution is 2.38. The first-order valence-corrected chi connectivity index (χ1v) is 8.92. The summed E-state index contributed by atoms with van der Waals surface area (Å²) in [6.07, 6.45) is 3.14. The lowest BCUT2D eigenvalue weighted by Crippen LogP contribution is -2.20. The van der Waals surface area contributed by atoms with Crippen molar-refractivity contribution in [1.82, 2.24) is 15.5 Å². The summed E-state index contributed by atoms with van der Waals surface area (Å²) in [7, 11) is 1.57. The number of nitrogens with one attached hydrogen (secondary N) is 2. The number of aromatic nitrogens is 2. The molecule has 0 saturated heterocycles. The zero-order chi connectivity index (χ0) is 18.1. The number of hydrogen-bond acceptors (Lipinski definition) is 6. The van der Waals surface area contributed by atoms with Crippen LogP contribution in [0.15, 0.2) is 53.3 Å². The summed E-state index contributed by atoms with van der Waals surface area (Å²) in [4.78, 5) is 13.2. The fourth-order valence-electron chi connectivity index (χ4n) is 2.53. The average Bonchev–Trinajstić information content (AvgIpc) is 3.32. The maximum Gasteiger partial charge on any atom is 0.273 e. The predicted molar refractivity (Wildman–Crippen MR) is 103 cm³/mol. The van der Waals surface area contributed by atoms with Crippen LogP contribution in [0.2, 0.25) is 5.02 Å². The van der Waals surface area contributed by atoms with E-state index in [1.54, 1.807) is 25.6 Å². The number of furan rings is 1. The molecule has 0 atom stereocenters. The Bertz CT molecular complexity index is 1070. The van der Waals surface area contributed by atoms with Gasteiger partial charge in [0.15, 0.2) is 11.5 Å². The molecule has 26 heavy (non-hydrogen) atoms. The molecule has 0 fully saturated rings. The van der Waals surface area contributed by atoms with Crippen LogP contribution in [0.25, 0.3) is 20.5 Å². The summed E-state index contributed by atoms with van der Waals surface area (Å²) in [6, 6.07) is 11.3. The summed E-state index contributed by atoms with van der Waals surface area (Å²) >= 11 is 7.46. The molecule has 0 saturated carbocycles. The van der Waals surface area contributed by atoms with Crippen molar-refractivity contribution in [2.24, 2.45) is 0 Å². The molecular weight excluding hydrogens is 372 g/mol. The zero-order valence-electron chi connectivity index (χ0n) is 13.6. The summed E-state index contributed by atoms with van der Waals surface area (Å²) in [6.45, 7) is 0. The van der Waals surface area contributed by atoms with Crippen molar-refractivity contribution in [3.8, 4) is 10.4 Å². The quantitative estimate of drug-likeness (QED) is 0.532.